The van der Waals surface area contributed by atoms with Crippen LogP contribution >= 0.6 is 23.2 Å². The molecule has 2 N–H and O–H groups in total. The predicted octanol–water partition coefficient (Wildman–Crippen LogP) is 4.71. The Bertz CT molecular complexity index is 657. The zero-order valence-electron chi connectivity index (χ0n) is 14.1. The van der Waals surface area contributed by atoms with E-state index in [1.165, 1.54) is 0 Å². The zero-order chi connectivity index (χ0) is 17.2. The van der Waals surface area contributed by atoms with Gasteiger partial charge in [-0.15, -0.1) is 0 Å². The molecule has 0 spiro atoms. The molecule has 4 nitrogen and oxygen atoms in total. The molecule has 0 radical (unpaired) electrons. The van der Waals surface area contributed by atoms with Gasteiger partial charge in [-0.2, -0.15) is 5.10 Å². The van der Waals surface area contributed by atoms with E-state index in [4.69, 9.17) is 27.9 Å². The van der Waals surface area contributed by atoms with Crippen molar-refractivity contribution in [3.63, 3.8) is 0 Å². The molecule has 6 heteroatoms. The highest BCUT2D eigenvalue weighted by atomic mass is 35.5. The van der Waals surface area contributed by atoms with Crippen molar-refractivity contribution in [3.05, 3.63) is 33.9 Å². The third kappa shape index (κ3) is 4.40. The molecule has 0 atom stereocenters. The molecule has 1 heterocycles. The van der Waals surface area contributed by atoms with Gasteiger partial charge in [-0.05, 0) is 58.9 Å². The standard InChI is InChI=1S/C17H23Cl2N3O/c1-10(2)23-16-13(18)6-11(7-14(16)19)15-12(9-21-22-15)8-17(3,4)20-5/h6-7,9-10,20H,8H2,1-5H3,(H,21,22). The van der Waals surface area contributed by atoms with Crippen LogP contribution in [0.25, 0.3) is 11.3 Å². The molecule has 1 aromatic carbocycles. The number of halogens is 2. The third-order valence-electron chi connectivity index (χ3n) is 3.67. The lowest BCUT2D eigenvalue weighted by Crippen LogP contribution is -2.38. The molecule has 0 saturated heterocycles. The Kier molecular flexibility index (Phi) is 5.61. The van der Waals surface area contributed by atoms with Crippen molar-refractivity contribution in [2.24, 2.45) is 0 Å². The molecule has 0 fully saturated rings. The van der Waals surface area contributed by atoms with Crippen LogP contribution in [0.1, 0.15) is 33.3 Å². The van der Waals surface area contributed by atoms with E-state index < -0.39 is 0 Å². The Morgan fingerprint density at radius 2 is 1.87 bits per heavy atom. The summed E-state index contributed by atoms with van der Waals surface area (Å²) in [5.74, 6) is 0.517. The maximum Gasteiger partial charge on any atom is 0.156 e. The summed E-state index contributed by atoms with van der Waals surface area (Å²) in [5.41, 5.74) is 2.89. The maximum absolute atomic E-state index is 6.35. The van der Waals surface area contributed by atoms with Gasteiger partial charge in [0.2, 0.25) is 0 Å². The molecule has 0 amide bonds. The molecular weight excluding hydrogens is 333 g/mol. The molecule has 23 heavy (non-hydrogen) atoms. The van der Waals surface area contributed by atoms with Crippen molar-refractivity contribution >= 4 is 23.2 Å². The Hall–Kier alpha value is -1.23. The van der Waals surface area contributed by atoms with Crippen molar-refractivity contribution in [2.75, 3.05) is 7.05 Å². The van der Waals surface area contributed by atoms with E-state index >= 15 is 0 Å². The Morgan fingerprint density at radius 3 is 2.39 bits per heavy atom. The molecule has 2 aromatic rings. The van der Waals surface area contributed by atoms with Crippen LogP contribution in [-0.2, 0) is 6.42 Å². The number of rotatable bonds is 6. The minimum absolute atomic E-state index is 0.00925. The number of aromatic amines is 1. The topological polar surface area (TPSA) is 49.9 Å². The van der Waals surface area contributed by atoms with Gasteiger partial charge in [0, 0.05) is 11.1 Å². The van der Waals surface area contributed by atoms with Crippen LogP contribution in [0, 0.1) is 0 Å². The van der Waals surface area contributed by atoms with Gasteiger partial charge >= 0.3 is 0 Å². The van der Waals surface area contributed by atoms with Crippen LogP contribution in [0.4, 0.5) is 0 Å². The molecular formula is C17H23Cl2N3O. The predicted molar refractivity (Wildman–Crippen MR) is 96.7 cm³/mol. The average molecular weight is 356 g/mol. The summed E-state index contributed by atoms with van der Waals surface area (Å²) in [6.45, 7) is 8.16. The van der Waals surface area contributed by atoms with E-state index in [1.54, 1.807) is 0 Å². The maximum atomic E-state index is 6.35. The molecule has 0 bridgehead atoms. The second-order valence-electron chi connectivity index (χ2n) is 6.52. The van der Waals surface area contributed by atoms with Gasteiger partial charge in [-0.1, -0.05) is 23.2 Å². The number of hydrogen-bond acceptors (Lipinski definition) is 3. The summed E-state index contributed by atoms with van der Waals surface area (Å²) in [7, 11) is 1.95. The van der Waals surface area contributed by atoms with Crippen LogP contribution in [-0.4, -0.2) is 28.9 Å². The largest absolute Gasteiger partial charge is 0.488 e. The number of ether oxygens (including phenoxy) is 1. The highest BCUT2D eigenvalue weighted by molar-refractivity contribution is 6.37. The van der Waals surface area contributed by atoms with Gasteiger partial charge in [-0.25, -0.2) is 0 Å². The van der Waals surface area contributed by atoms with E-state index in [0.29, 0.717) is 15.8 Å². The molecule has 0 aliphatic rings. The third-order valence-corrected chi connectivity index (χ3v) is 4.23. The fourth-order valence-electron chi connectivity index (χ4n) is 2.31. The summed E-state index contributed by atoms with van der Waals surface area (Å²) < 4.78 is 5.68. The molecule has 2 rings (SSSR count). The lowest BCUT2D eigenvalue weighted by molar-refractivity contribution is 0.243. The fraction of sp³-hybridized carbons (Fsp3) is 0.471. The normalized spacial score (nSPS) is 12.0. The minimum atomic E-state index is -0.0348. The summed E-state index contributed by atoms with van der Waals surface area (Å²) in [6, 6.07) is 3.71. The van der Waals surface area contributed by atoms with Gasteiger partial charge in [0.15, 0.2) is 5.75 Å². The van der Waals surface area contributed by atoms with Crippen LogP contribution in [0.5, 0.6) is 5.75 Å². The van der Waals surface area contributed by atoms with Crippen molar-refractivity contribution < 1.29 is 4.74 Å². The summed E-state index contributed by atoms with van der Waals surface area (Å²) in [4.78, 5) is 0. The molecule has 1 aromatic heterocycles. The van der Waals surface area contributed by atoms with Crippen molar-refractivity contribution in [3.8, 4) is 17.0 Å². The first kappa shape index (κ1) is 18.1. The number of aromatic nitrogens is 2. The van der Waals surface area contributed by atoms with Crippen LogP contribution in [0.2, 0.25) is 10.0 Å². The highest BCUT2D eigenvalue weighted by Gasteiger charge is 2.20. The molecule has 0 unspecified atom stereocenters. The number of benzene rings is 1. The van der Waals surface area contributed by atoms with Crippen molar-refractivity contribution in [2.45, 2.75) is 45.8 Å². The van der Waals surface area contributed by atoms with Gasteiger partial charge in [0.05, 0.1) is 28.0 Å². The monoisotopic (exact) mass is 355 g/mol. The highest BCUT2D eigenvalue weighted by Crippen LogP contribution is 2.38. The van der Waals surface area contributed by atoms with E-state index in [0.717, 1.165) is 23.2 Å². The lowest BCUT2D eigenvalue weighted by atomic mass is 9.94. The SMILES string of the molecule is CNC(C)(C)Cc1cn[nH]c1-c1cc(Cl)c(OC(C)C)c(Cl)c1. The molecule has 0 saturated carbocycles. The number of likely N-dealkylation sites (N-methyl/N-ethyl adjacent to an activating group) is 1. The second kappa shape index (κ2) is 7.12. The van der Waals surface area contributed by atoms with E-state index in [1.807, 2.05) is 39.2 Å². The van der Waals surface area contributed by atoms with E-state index in [-0.39, 0.29) is 11.6 Å². The first-order chi connectivity index (χ1) is 10.7. The average Bonchev–Trinajstić information content (AvgIpc) is 2.89. The summed E-state index contributed by atoms with van der Waals surface area (Å²) in [5, 5.41) is 11.5. The smallest absolute Gasteiger partial charge is 0.156 e. The van der Waals surface area contributed by atoms with Crippen LogP contribution < -0.4 is 10.1 Å². The number of nitrogens with one attached hydrogen (secondary N) is 2. The van der Waals surface area contributed by atoms with Gasteiger partial charge in [-0.3, -0.25) is 5.10 Å². The molecule has 0 aliphatic heterocycles. The van der Waals surface area contributed by atoms with Gasteiger partial charge < -0.3 is 10.1 Å². The van der Waals surface area contributed by atoms with Crippen molar-refractivity contribution in [1.29, 1.82) is 0 Å². The van der Waals surface area contributed by atoms with Gasteiger partial charge in [0.25, 0.3) is 0 Å². The number of H-pyrrole nitrogens is 1. The quantitative estimate of drug-likeness (QED) is 0.788. The Balaban J connectivity index is 2.39. The first-order valence-corrected chi connectivity index (χ1v) is 8.36. The number of nitrogens with zero attached hydrogens (tertiary/aromatic N) is 1. The van der Waals surface area contributed by atoms with Crippen molar-refractivity contribution in [1.82, 2.24) is 15.5 Å². The van der Waals surface area contributed by atoms with Gasteiger partial charge in [0.1, 0.15) is 0 Å². The Morgan fingerprint density at radius 1 is 1.26 bits per heavy atom. The number of hydrogen-bond donors (Lipinski definition) is 2. The van der Waals surface area contributed by atoms with E-state index in [2.05, 4.69) is 29.4 Å². The minimum Gasteiger partial charge on any atom is -0.488 e. The first-order valence-electron chi connectivity index (χ1n) is 7.60. The van der Waals surface area contributed by atoms with E-state index in [9.17, 15) is 0 Å². The summed E-state index contributed by atoms with van der Waals surface area (Å²) in [6.07, 6.45) is 2.68. The lowest BCUT2D eigenvalue weighted by Gasteiger charge is -2.24. The molecule has 0 aliphatic carbocycles. The second-order valence-corrected chi connectivity index (χ2v) is 7.33. The van der Waals surface area contributed by atoms with Crippen LogP contribution in [0.3, 0.4) is 0 Å². The summed E-state index contributed by atoms with van der Waals surface area (Å²) >= 11 is 12.7. The Labute approximate surface area is 147 Å². The van der Waals surface area contributed by atoms with Crippen LogP contribution in [0.15, 0.2) is 18.3 Å². The zero-order valence-corrected chi connectivity index (χ0v) is 15.6. The molecule has 126 valence electrons. The fourth-order valence-corrected chi connectivity index (χ4v) is 2.89.